The van der Waals surface area contributed by atoms with E-state index in [9.17, 15) is 0 Å². The van der Waals surface area contributed by atoms with Crippen molar-refractivity contribution in [2.45, 2.75) is 19.5 Å². The van der Waals surface area contributed by atoms with Gasteiger partial charge in [-0.1, -0.05) is 0 Å². The van der Waals surface area contributed by atoms with Crippen LogP contribution in [0.15, 0.2) is 35.2 Å². The molecule has 0 aliphatic carbocycles. The van der Waals surface area contributed by atoms with Gasteiger partial charge in [-0.15, -0.1) is 11.3 Å². The molecule has 140 valence electrons. The lowest BCUT2D eigenvalue weighted by Crippen LogP contribution is -2.36. The Morgan fingerprint density at radius 2 is 2.04 bits per heavy atom. The molecule has 2 aliphatic heterocycles. The molecule has 5 heterocycles. The molecule has 1 fully saturated rings. The fraction of sp³-hybridized carbons (Fsp3) is 0.421. The molecule has 0 radical (unpaired) electrons. The van der Waals surface area contributed by atoms with Crippen molar-refractivity contribution in [2.24, 2.45) is 0 Å². The first-order valence-corrected chi connectivity index (χ1v) is 10.1. The maximum Gasteiger partial charge on any atom is 0.195 e. The Labute approximate surface area is 161 Å². The highest BCUT2D eigenvalue weighted by atomic mass is 32.1. The number of anilines is 1. The summed E-state index contributed by atoms with van der Waals surface area (Å²) in [5.74, 6) is 1.39. The Hall–Kier alpha value is -2.29. The second kappa shape index (κ2) is 7.38. The lowest BCUT2D eigenvalue weighted by molar-refractivity contribution is 0.122. The maximum atomic E-state index is 5.42. The molecule has 2 aliphatic rings. The number of nitrogens with zero attached hydrogens (tertiary/aromatic N) is 5. The Morgan fingerprint density at radius 3 is 2.89 bits per heavy atom. The SMILES string of the molecule is c1coc(-c2ncc3c(n2)CCN(Cc2cnc(N4CCOCC4)s2)C3)c1. The van der Waals surface area contributed by atoms with E-state index >= 15 is 0 Å². The van der Waals surface area contributed by atoms with Crippen molar-refractivity contribution in [3.8, 4) is 11.6 Å². The molecule has 0 atom stereocenters. The zero-order valence-electron chi connectivity index (χ0n) is 15.0. The molecule has 3 aromatic rings. The highest BCUT2D eigenvalue weighted by Crippen LogP contribution is 2.27. The van der Waals surface area contributed by atoms with Crippen LogP contribution in [-0.2, 0) is 24.2 Å². The first kappa shape index (κ1) is 16.9. The summed E-state index contributed by atoms with van der Waals surface area (Å²) in [6.45, 7) is 6.22. The first-order valence-electron chi connectivity index (χ1n) is 9.23. The summed E-state index contributed by atoms with van der Waals surface area (Å²) >= 11 is 1.79. The number of fused-ring (bicyclic) bond motifs is 1. The number of hydrogen-bond donors (Lipinski definition) is 0. The lowest BCUT2D eigenvalue weighted by Gasteiger charge is -2.27. The molecule has 0 unspecified atom stereocenters. The van der Waals surface area contributed by atoms with Crippen molar-refractivity contribution in [1.82, 2.24) is 19.9 Å². The van der Waals surface area contributed by atoms with Crippen molar-refractivity contribution < 1.29 is 9.15 Å². The number of thiazole rings is 1. The summed E-state index contributed by atoms with van der Waals surface area (Å²) in [6, 6.07) is 3.76. The van der Waals surface area contributed by atoms with E-state index in [0.717, 1.165) is 68.9 Å². The second-order valence-corrected chi connectivity index (χ2v) is 7.91. The smallest absolute Gasteiger partial charge is 0.195 e. The number of furan rings is 1. The summed E-state index contributed by atoms with van der Waals surface area (Å²) in [6.07, 6.45) is 6.54. The lowest BCUT2D eigenvalue weighted by atomic mass is 10.1. The van der Waals surface area contributed by atoms with Gasteiger partial charge in [0.1, 0.15) is 0 Å². The van der Waals surface area contributed by atoms with E-state index in [1.807, 2.05) is 24.5 Å². The van der Waals surface area contributed by atoms with Crippen molar-refractivity contribution in [1.29, 1.82) is 0 Å². The van der Waals surface area contributed by atoms with Gasteiger partial charge in [-0.3, -0.25) is 4.90 Å². The third kappa shape index (κ3) is 3.60. The molecular formula is C19H21N5O2S. The van der Waals surface area contributed by atoms with Crippen molar-refractivity contribution in [2.75, 3.05) is 37.7 Å². The molecule has 27 heavy (non-hydrogen) atoms. The summed E-state index contributed by atoms with van der Waals surface area (Å²) < 4.78 is 10.8. The summed E-state index contributed by atoms with van der Waals surface area (Å²) in [7, 11) is 0. The van der Waals surface area contributed by atoms with Crippen LogP contribution in [-0.4, -0.2) is 52.7 Å². The van der Waals surface area contributed by atoms with Gasteiger partial charge in [-0.25, -0.2) is 15.0 Å². The fourth-order valence-electron chi connectivity index (χ4n) is 3.53. The van der Waals surface area contributed by atoms with Crippen LogP contribution in [0.25, 0.3) is 11.6 Å². The van der Waals surface area contributed by atoms with E-state index < -0.39 is 0 Å². The minimum absolute atomic E-state index is 0.671. The number of aromatic nitrogens is 3. The summed E-state index contributed by atoms with van der Waals surface area (Å²) in [4.78, 5) is 19.9. The Kier molecular flexibility index (Phi) is 4.61. The van der Waals surface area contributed by atoms with Crippen molar-refractivity contribution in [3.63, 3.8) is 0 Å². The van der Waals surface area contributed by atoms with Gasteiger partial charge < -0.3 is 14.1 Å². The highest BCUT2D eigenvalue weighted by molar-refractivity contribution is 7.15. The highest BCUT2D eigenvalue weighted by Gasteiger charge is 2.21. The van der Waals surface area contributed by atoms with Crippen molar-refractivity contribution in [3.05, 3.63) is 46.9 Å². The molecular weight excluding hydrogens is 362 g/mol. The van der Waals surface area contributed by atoms with Gasteiger partial charge in [0.2, 0.25) is 0 Å². The molecule has 5 rings (SSSR count). The molecule has 0 N–H and O–H groups in total. The largest absolute Gasteiger partial charge is 0.461 e. The van der Waals surface area contributed by atoms with Crippen LogP contribution in [0.2, 0.25) is 0 Å². The third-order valence-corrected chi connectivity index (χ3v) is 6.00. The van der Waals surface area contributed by atoms with E-state index in [0.29, 0.717) is 5.82 Å². The van der Waals surface area contributed by atoms with E-state index in [-0.39, 0.29) is 0 Å². The van der Waals surface area contributed by atoms with Crippen LogP contribution in [0.3, 0.4) is 0 Å². The number of morpholine rings is 1. The van der Waals surface area contributed by atoms with Crippen LogP contribution in [0.1, 0.15) is 16.1 Å². The van der Waals surface area contributed by atoms with Crippen LogP contribution in [0.5, 0.6) is 0 Å². The monoisotopic (exact) mass is 383 g/mol. The second-order valence-electron chi connectivity index (χ2n) is 6.81. The van der Waals surface area contributed by atoms with Crippen LogP contribution < -0.4 is 4.90 Å². The van der Waals surface area contributed by atoms with Crippen LogP contribution in [0.4, 0.5) is 5.13 Å². The molecule has 0 aromatic carbocycles. The molecule has 0 saturated carbocycles. The van der Waals surface area contributed by atoms with Gasteiger partial charge in [-0.05, 0) is 12.1 Å². The van der Waals surface area contributed by atoms with Crippen LogP contribution in [0, 0.1) is 0 Å². The van der Waals surface area contributed by atoms with E-state index in [4.69, 9.17) is 14.1 Å². The predicted octanol–water partition coefficient (Wildman–Crippen LogP) is 2.59. The van der Waals surface area contributed by atoms with E-state index in [1.165, 1.54) is 10.4 Å². The third-order valence-electron chi connectivity index (χ3n) is 4.96. The normalized spacial score (nSPS) is 17.9. The van der Waals surface area contributed by atoms with Gasteiger partial charge in [0.05, 0.1) is 25.2 Å². The summed E-state index contributed by atoms with van der Waals surface area (Å²) in [5, 5.41) is 1.11. The Balaban J connectivity index is 1.25. The fourth-order valence-corrected chi connectivity index (χ4v) is 4.53. The molecule has 8 heteroatoms. The average Bonchev–Trinajstić information content (AvgIpc) is 3.41. The number of ether oxygens (including phenoxy) is 1. The molecule has 3 aromatic heterocycles. The minimum Gasteiger partial charge on any atom is -0.461 e. The summed E-state index contributed by atoms with van der Waals surface area (Å²) in [5.41, 5.74) is 2.33. The van der Waals surface area contributed by atoms with Gasteiger partial charge in [-0.2, -0.15) is 0 Å². The number of rotatable bonds is 4. The number of hydrogen-bond acceptors (Lipinski definition) is 8. The van der Waals surface area contributed by atoms with E-state index in [2.05, 4.69) is 19.8 Å². The van der Waals surface area contributed by atoms with Gasteiger partial charge in [0, 0.05) is 62.0 Å². The quantitative estimate of drug-likeness (QED) is 0.686. The molecule has 0 bridgehead atoms. The molecule has 1 saturated heterocycles. The predicted molar refractivity (Wildman–Crippen MR) is 103 cm³/mol. The minimum atomic E-state index is 0.671. The zero-order valence-corrected chi connectivity index (χ0v) is 15.8. The standard InChI is InChI=1S/C19H21N5O2S/c1-2-17(26-7-1)18-20-10-14-12-23(4-3-16(14)22-18)13-15-11-21-19(27-15)24-5-8-25-9-6-24/h1-2,7,10-11H,3-6,8-9,12-13H2. The molecule has 7 nitrogen and oxygen atoms in total. The maximum absolute atomic E-state index is 5.42. The molecule has 0 amide bonds. The average molecular weight is 383 g/mol. The van der Waals surface area contributed by atoms with E-state index in [1.54, 1.807) is 17.6 Å². The zero-order chi connectivity index (χ0) is 18.1. The Bertz CT molecular complexity index is 905. The van der Waals surface area contributed by atoms with Crippen LogP contribution >= 0.6 is 11.3 Å². The van der Waals surface area contributed by atoms with Gasteiger partial charge in [0.15, 0.2) is 16.7 Å². The van der Waals surface area contributed by atoms with Gasteiger partial charge >= 0.3 is 0 Å². The van der Waals surface area contributed by atoms with Gasteiger partial charge in [0.25, 0.3) is 0 Å². The Morgan fingerprint density at radius 1 is 1.11 bits per heavy atom. The van der Waals surface area contributed by atoms with Crippen molar-refractivity contribution >= 4 is 16.5 Å². The first-order chi connectivity index (χ1) is 13.3. The molecule has 0 spiro atoms. The topological polar surface area (TPSA) is 67.5 Å².